The van der Waals surface area contributed by atoms with E-state index in [2.05, 4.69) is 25.1 Å². The quantitative estimate of drug-likeness (QED) is 0.297. The van der Waals surface area contributed by atoms with Gasteiger partial charge in [-0.3, -0.25) is 4.99 Å². The van der Waals surface area contributed by atoms with Crippen molar-refractivity contribution in [3.8, 4) is 0 Å². The summed E-state index contributed by atoms with van der Waals surface area (Å²) in [7, 11) is 1.66. The molecule has 0 unspecified atom stereocenters. The van der Waals surface area contributed by atoms with Gasteiger partial charge in [-0.1, -0.05) is 6.42 Å². The molecule has 1 aliphatic heterocycles. The number of halogens is 1. The van der Waals surface area contributed by atoms with E-state index in [-0.39, 0.29) is 24.0 Å². The van der Waals surface area contributed by atoms with Crippen LogP contribution in [0.4, 0.5) is 0 Å². The van der Waals surface area contributed by atoms with E-state index in [9.17, 15) is 0 Å². The van der Waals surface area contributed by atoms with Gasteiger partial charge in [0.2, 0.25) is 0 Å². The van der Waals surface area contributed by atoms with Crippen molar-refractivity contribution in [2.24, 2.45) is 10.7 Å². The number of fused-ring (bicyclic) bond motifs is 1. The summed E-state index contributed by atoms with van der Waals surface area (Å²) in [6, 6.07) is 0. The van der Waals surface area contributed by atoms with Crippen molar-refractivity contribution < 1.29 is 4.74 Å². The Kier molecular flexibility index (Phi) is 9.37. The fraction of sp³-hybridized carbons (Fsp3) is 0.786. The third-order valence-electron chi connectivity index (χ3n) is 3.64. The van der Waals surface area contributed by atoms with Crippen LogP contribution in [0.2, 0.25) is 0 Å². The van der Waals surface area contributed by atoms with Gasteiger partial charge in [-0.15, -0.1) is 34.2 Å². The number of hydrogen-bond donors (Lipinski definition) is 2. The summed E-state index contributed by atoms with van der Waals surface area (Å²) < 4.78 is 7.23. The van der Waals surface area contributed by atoms with Crippen LogP contribution in [0.5, 0.6) is 0 Å². The number of ether oxygens (including phenoxy) is 1. The SMILES string of the molecule is COCCNC(N)=NCCCc1nnc2n1CCCCC2.I. The average molecular weight is 422 g/mol. The van der Waals surface area contributed by atoms with Crippen molar-refractivity contribution in [2.75, 3.05) is 26.8 Å². The molecule has 7 nitrogen and oxygen atoms in total. The maximum Gasteiger partial charge on any atom is 0.188 e. The number of aliphatic imine (C=N–C) groups is 1. The molecular formula is C14H27IN6O. The molecule has 126 valence electrons. The number of rotatable bonds is 7. The van der Waals surface area contributed by atoms with Crippen molar-refractivity contribution in [2.45, 2.75) is 45.1 Å². The Morgan fingerprint density at radius 1 is 1.36 bits per heavy atom. The van der Waals surface area contributed by atoms with Crippen LogP contribution in [-0.4, -0.2) is 47.5 Å². The van der Waals surface area contributed by atoms with Gasteiger partial charge in [0, 0.05) is 39.6 Å². The van der Waals surface area contributed by atoms with E-state index in [0.29, 0.717) is 25.7 Å². The summed E-state index contributed by atoms with van der Waals surface area (Å²) in [5.41, 5.74) is 5.76. The molecule has 0 radical (unpaired) electrons. The normalized spacial score (nSPS) is 14.9. The maximum atomic E-state index is 5.76. The summed E-state index contributed by atoms with van der Waals surface area (Å²) >= 11 is 0. The predicted octanol–water partition coefficient (Wildman–Crippen LogP) is 1.11. The largest absolute Gasteiger partial charge is 0.383 e. The molecule has 8 heteroatoms. The zero-order valence-electron chi connectivity index (χ0n) is 13.3. The van der Waals surface area contributed by atoms with E-state index in [1.54, 1.807) is 7.11 Å². The highest BCUT2D eigenvalue weighted by molar-refractivity contribution is 14.0. The average Bonchev–Trinajstić information content (AvgIpc) is 2.71. The monoisotopic (exact) mass is 422 g/mol. The fourth-order valence-corrected chi connectivity index (χ4v) is 2.50. The summed E-state index contributed by atoms with van der Waals surface area (Å²) in [5.74, 6) is 2.71. The Morgan fingerprint density at radius 3 is 3.05 bits per heavy atom. The first-order valence-electron chi connectivity index (χ1n) is 7.75. The number of aryl methyl sites for hydroxylation is 2. The Hall–Kier alpha value is -0.900. The first-order chi connectivity index (χ1) is 10.3. The Labute approximate surface area is 149 Å². The zero-order valence-corrected chi connectivity index (χ0v) is 15.6. The second-order valence-electron chi connectivity index (χ2n) is 5.28. The fourth-order valence-electron chi connectivity index (χ4n) is 2.50. The summed E-state index contributed by atoms with van der Waals surface area (Å²) in [5, 5.41) is 11.6. The molecule has 2 heterocycles. The number of guanidine groups is 1. The molecule has 0 atom stereocenters. The molecule has 2 rings (SSSR count). The van der Waals surface area contributed by atoms with E-state index in [0.717, 1.165) is 37.5 Å². The molecule has 0 saturated carbocycles. The van der Waals surface area contributed by atoms with E-state index in [4.69, 9.17) is 10.5 Å². The van der Waals surface area contributed by atoms with Gasteiger partial charge in [-0.05, 0) is 19.3 Å². The number of nitrogens with two attached hydrogens (primary N) is 1. The van der Waals surface area contributed by atoms with Gasteiger partial charge < -0.3 is 20.4 Å². The zero-order chi connectivity index (χ0) is 14.9. The topological polar surface area (TPSA) is 90.3 Å². The minimum absolute atomic E-state index is 0. The van der Waals surface area contributed by atoms with Gasteiger partial charge >= 0.3 is 0 Å². The smallest absolute Gasteiger partial charge is 0.188 e. The number of nitrogens with one attached hydrogen (secondary N) is 1. The minimum Gasteiger partial charge on any atom is -0.383 e. The van der Waals surface area contributed by atoms with E-state index >= 15 is 0 Å². The van der Waals surface area contributed by atoms with Crippen molar-refractivity contribution >= 4 is 29.9 Å². The summed E-state index contributed by atoms with van der Waals surface area (Å²) in [4.78, 5) is 4.30. The third kappa shape index (κ3) is 6.07. The molecule has 1 aromatic rings. The van der Waals surface area contributed by atoms with Crippen LogP contribution in [0.3, 0.4) is 0 Å². The second kappa shape index (κ2) is 10.8. The predicted molar refractivity (Wildman–Crippen MR) is 97.7 cm³/mol. The molecule has 3 N–H and O–H groups in total. The van der Waals surface area contributed by atoms with E-state index in [1.807, 2.05) is 0 Å². The van der Waals surface area contributed by atoms with Gasteiger partial charge in [-0.25, -0.2) is 0 Å². The number of nitrogens with zero attached hydrogens (tertiary/aromatic N) is 4. The molecule has 1 aliphatic rings. The van der Waals surface area contributed by atoms with Crippen molar-refractivity contribution in [1.82, 2.24) is 20.1 Å². The summed E-state index contributed by atoms with van der Waals surface area (Å²) in [6.07, 6.45) is 6.64. The highest BCUT2D eigenvalue weighted by Crippen LogP contribution is 2.15. The summed E-state index contributed by atoms with van der Waals surface area (Å²) in [6.45, 7) is 3.07. The van der Waals surface area contributed by atoms with Crippen LogP contribution < -0.4 is 11.1 Å². The molecule has 22 heavy (non-hydrogen) atoms. The molecule has 0 fully saturated rings. The number of hydrogen-bond acceptors (Lipinski definition) is 4. The van der Waals surface area contributed by atoms with E-state index in [1.165, 1.54) is 19.3 Å². The lowest BCUT2D eigenvalue weighted by molar-refractivity contribution is 0.204. The van der Waals surface area contributed by atoms with Crippen molar-refractivity contribution in [1.29, 1.82) is 0 Å². The third-order valence-corrected chi connectivity index (χ3v) is 3.64. The lowest BCUT2D eigenvalue weighted by atomic mass is 10.2. The van der Waals surface area contributed by atoms with Crippen LogP contribution in [-0.2, 0) is 24.1 Å². The molecular weight excluding hydrogens is 395 g/mol. The van der Waals surface area contributed by atoms with Crippen LogP contribution in [0.1, 0.15) is 37.3 Å². The van der Waals surface area contributed by atoms with Crippen LogP contribution >= 0.6 is 24.0 Å². The molecule has 0 saturated heterocycles. The maximum absolute atomic E-state index is 5.76. The highest BCUT2D eigenvalue weighted by Gasteiger charge is 2.13. The lowest BCUT2D eigenvalue weighted by Crippen LogP contribution is -2.34. The van der Waals surface area contributed by atoms with Gasteiger partial charge in [0.15, 0.2) is 5.96 Å². The molecule has 0 spiro atoms. The first kappa shape index (κ1) is 19.1. The second-order valence-corrected chi connectivity index (χ2v) is 5.28. The Bertz CT molecular complexity index is 462. The number of aromatic nitrogens is 3. The van der Waals surface area contributed by atoms with E-state index < -0.39 is 0 Å². The van der Waals surface area contributed by atoms with Gasteiger partial charge in [0.25, 0.3) is 0 Å². The van der Waals surface area contributed by atoms with Crippen LogP contribution in [0.15, 0.2) is 4.99 Å². The van der Waals surface area contributed by atoms with Crippen molar-refractivity contribution in [3.05, 3.63) is 11.6 Å². The molecule has 0 bridgehead atoms. The molecule has 0 aliphatic carbocycles. The Morgan fingerprint density at radius 2 is 2.23 bits per heavy atom. The van der Waals surface area contributed by atoms with Crippen LogP contribution in [0, 0.1) is 0 Å². The van der Waals surface area contributed by atoms with Gasteiger partial charge in [0.05, 0.1) is 6.61 Å². The lowest BCUT2D eigenvalue weighted by Gasteiger charge is -2.06. The van der Waals surface area contributed by atoms with Gasteiger partial charge in [0.1, 0.15) is 11.6 Å². The molecule has 1 aromatic heterocycles. The van der Waals surface area contributed by atoms with Crippen LogP contribution in [0.25, 0.3) is 0 Å². The molecule has 0 aromatic carbocycles. The first-order valence-corrected chi connectivity index (χ1v) is 7.75. The number of methoxy groups -OCH3 is 1. The van der Waals surface area contributed by atoms with Gasteiger partial charge in [-0.2, -0.15) is 0 Å². The standard InChI is InChI=1S/C14H26N6O.HI/c1-21-11-9-17-14(15)16-8-5-7-13-19-18-12-6-3-2-4-10-20(12)13;/h2-11H2,1H3,(H3,15,16,17);1H. The van der Waals surface area contributed by atoms with Crippen molar-refractivity contribution in [3.63, 3.8) is 0 Å². The Balaban J connectivity index is 0.00000242. The molecule has 0 amide bonds. The minimum atomic E-state index is 0. The highest BCUT2D eigenvalue weighted by atomic mass is 127.